The first-order valence-electron chi connectivity index (χ1n) is 8.54. The maximum Gasteiger partial charge on any atom is 0.165 e. The number of aliphatic hydroxyl groups is 1. The van der Waals surface area contributed by atoms with Gasteiger partial charge in [-0.05, 0) is 29.7 Å². The van der Waals surface area contributed by atoms with Gasteiger partial charge < -0.3 is 14.6 Å². The molecule has 134 valence electrons. The molecule has 4 nitrogen and oxygen atoms in total. The number of morpholine rings is 1. The fraction of sp³-hybridized carbons (Fsp3) is 0.400. The number of hydrogen-bond donors (Lipinski definition) is 1. The van der Waals surface area contributed by atoms with Gasteiger partial charge in [0, 0.05) is 19.1 Å². The van der Waals surface area contributed by atoms with E-state index in [4.69, 9.17) is 9.47 Å². The summed E-state index contributed by atoms with van der Waals surface area (Å²) < 4.78 is 24.5. The van der Waals surface area contributed by atoms with Gasteiger partial charge in [0.25, 0.3) is 0 Å². The van der Waals surface area contributed by atoms with E-state index in [-0.39, 0.29) is 17.6 Å². The zero-order valence-electron chi connectivity index (χ0n) is 14.4. The molecule has 2 aromatic carbocycles. The molecule has 1 heterocycles. The Morgan fingerprint density at radius 3 is 2.80 bits per heavy atom. The molecule has 2 unspecified atom stereocenters. The van der Waals surface area contributed by atoms with Crippen LogP contribution in [0.15, 0.2) is 48.5 Å². The van der Waals surface area contributed by atoms with E-state index in [9.17, 15) is 9.50 Å². The minimum Gasteiger partial charge on any atom is -0.494 e. The van der Waals surface area contributed by atoms with E-state index in [1.165, 1.54) is 13.2 Å². The van der Waals surface area contributed by atoms with Crippen LogP contribution >= 0.6 is 0 Å². The first kappa shape index (κ1) is 17.9. The number of nitrogens with zero attached hydrogens (tertiary/aromatic N) is 1. The molecule has 5 heteroatoms. The molecule has 3 rings (SSSR count). The van der Waals surface area contributed by atoms with Gasteiger partial charge in [-0.2, -0.15) is 0 Å². The molecule has 0 spiro atoms. The van der Waals surface area contributed by atoms with Crippen molar-refractivity contribution in [2.24, 2.45) is 0 Å². The highest BCUT2D eigenvalue weighted by Gasteiger charge is 2.26. The zero-order valence-corrected chi connectivity index (χ0v) is 14.4. The summed E-state index contributed by atoms with van der Waals surface area (Å²) in [7, 11) is 1.46. The van der Waals surface area contributed by atoms with Crippen LogP contribution in [0.4, 0.5) is 4.39 Å². The van der Waals surface area contributed by atoms with Gasteiger partial charge in [-0.1, -0.05) is 36.4 Å². The molecule has 1 aliphatic rings. The van der Waals surface area contributed by atoms with Crippen molar-refractivity contribution in [1.82, 2.24) is 4.90 Å². The zero-order chi connectivity index (χ0) is 17.6. The first-order chi connectivity index (χ1) is 12.2. The number of benzene rings is 2. The number of hydrogen-bond acceptors (Lipinski definition) is 4. The van der Waals surface area contributed by atoms with Crippen molar-refractivity contribution in [1.29, 1.82) is 0 Å². The van der Waals surface area contributed by atoms with Crippen LogP contribution in [-0.2, 0) is 11.3 Å². The van der Waals surface area contributed by atoms with E-state index in [0.29, 0.717) is 26.2 Å². The number of halogens is 1. The van der Waals surface area contributed by atoms with Gasteiger partial charge in [0.05, 0.1) is 26.4 Å². The van der Waals surface area contributed by atoms with Crippen molar-refractivity contribution in [3.05, 3.63) is 65.5 Å². The molecule has 1 fully saturated rings. The Morgan fingerprint density at radius 1 is 1.28 bits per heavy atom. The lowest BCUT2D eigenvalue weighted by atomic mass is 10.00. The van der Waals surface area contributed by atoms with Crippen LogP contribution in [0.5, 0.6) is 5.75 Å². The summed E-state index contributed by atoms with van der Waals surface area (Å²) in [5.74, 6) is -0.101. The maximum atomic E-state index is 13.9. The molecule has 1 saturated heterocycles. The number of ether oxygens (including phenoxy) is 2. The second-order valence-corrected chi connectivity index (χ2v) is 6.33. The molecule has 2 aromatic rings. The van der Waals surface area contributed by atoms with E-state index >= 15 is 0 Å². The molecule has 25 heavy (non-hydrogen) atoms. The molecule has 2 atom stereocenters. The number of methoxy groups -OCH3 is 1. The molecule has 0 saturated carbocycles. The SMILES string of the molecule is COc1ccc(CN2CCOCC2CC(O)c2ccccc2)cc1F. The molecule has 1 N–H and O–H groups in total. The molecule has 0 aromatic heterocycles. The van der Waals surface area contributed by atoms with Crippen LogP contribution in [0.1, 0.15) is 23.7 Å². The predicted molar refractivity (Wildman–Crippen MR) is 94.0 cm³/mol. The van der Waals surface area contributed by atoms with E-state index in [1.807, 2.05) is 36.4 Å². The predicted octanol–water partition coefficient (Wildman–Crippen LogP) is 3.16. The monoisotopic (exact) mass is 345 g/mol. The molecular formula is C20H24FNO3. The largest absolute Gasteiger partial charge is 0.494 e. The highest BCUT2D eigenvalue weighted by atomic mass is 19.1. The van der Waals surface area contributed by atoms with Gasteiger partial charge in [-0.3, -0.25) is 4.90 Å². The van der Waals surface area contributed by atoms with Gasteiger partial charge in [0.2, 0.25) is 0 Å². The average Bonchev–Trinajstić information content (AvgIpc) is 2.64. The first-order valence-corrected chi connectivity index (χ1v) is 8.54. The van der Waals surface area contributed by atoms with Gasteiger partial charge in [0.1, 0.15) is 0 Å². The molecule has 0 radical (unpaired) electrons. The average molecular weight is 345 g/mol. The fourth-order valence-electron chi connectivity index (χ4n) is 3.23. The number of rotatable bonds is 6. The minimum atomic E-state index is -0.539. The lowest BCUT2D eigenvalue weighted by molar-refractivity contribution is -0.0300. The normalized spacial score (nSPS) is 19.6. The van der Waals surface area contributed by atoms with Crippen LogP contribution in [0.2, 0.25) is 0 Å². The van der Waals surface area contributed by atoms with E-state index in [1.54, 1.807) is 6.07 Å². The highest BCUT2D eigenvalue weighted by molar-refractivity contribution is 5.29. The van der Waals surface area contributed by atoms with Crippen LogP contribution in [-0.4, -0.2) is 42.9 Å². The van der Waals surface area contributed by atoms with E-state index in [0.717, 1.165) is 17.7 Å². The molecule has 1 aliphatic heterocycles. The molecule has 0 amide bonds. The topological polar surface area (TPSA) is 41.9 Å². The summed E-state index contributed by atoms with van der Waals surface area (Å²) in [6.07, 6.45) is 0.0471. The Labute approximate surface area is 147 Å². The van der Waals surface area contributed by atoms with E-state index in [2.05, 4.69) is 4.90 Å². The summed E-state index contributed by atoms with van der Waals surface area (Å²) in [4.78, 5) is 2.25. The van der Waals surface area contributed by atoms with Crippen LogP contribution < -0.4 is 4.74 Å². The van der Waals surface area contributed by atoms with Crippen LogP contribution in [0.3, 0.4) is 0 Å². The standard InChI is InChI=1S/C20H24FNO3/c1-24-20-8-7-15(11-18(20)21)13-22-9-10-25-14-17(22)12-19(23)16-5-3-2-4-6-16/h2-8,11,17,19,23H,9-10,12-14H2,1H3. The maximum absolute atomic E-state index is 13.9. The van der Waals surface area contributed by atoms with Gasteiger partial charge in [-0.25, -0.2) is 4.39 Å². The highest BCUT2D eigenvalue weighted by Crippen LogP contribution is 2.25. The molecule has 0 aliphatic carbocycles. The molecule has 0 bridgehead atoms. The second kappa shape index (κ2) is 8.43. The van der Waals surface area contributed by atoms with Crippen molar-refractivity contribution < 1.29 is 19.0 Å². The fourth-order valence-corrected chi connectivity index (χ4v) is 3.23. The summed E-state index contributed by atoms with van der Waals surface area (Å²) >= 11 is 0. The third-order valence-electron chi connectivity index (χ3n) is 4.63. The Bertz CT molecular complexity index is 680. The lowest BCUT2D eigenvalue weighted by Gasteiger charge is -2.36. The van der Waals surface area contributed by atoms with Crippen LogP contribution in [0.25, 0.3) is 0 Å². The number of aliphatic hydroxyl groups excluding tert-OH is 1. The Hall–Kier alpha value is -1.95. The Kier molecular flexibility index (Phi) is 6.02. The van der Waals surface area contributed by atoms with Gasteiger partial charge >= 0.3 is 0 Å². The summed E-state index contributed by atoms with van der Waals surface area (Å²) in [5, 5.41) is 10.5. The third kappa shape index (κ3) is 4.57. The van der Waals surface area contributed by atoms with Gasteiger partial charge in [-0.15, -0.1) is 0 Å². The van der Waals surface area contributed by atoms with Crippen molar-refractivity contribution in [2.75, 3.05) is 26.9 Å². The smallest absolute Gasteiger partial charge is 0.165 e. The Morgan fingerprint density at radius 2 is 2.08 bits per heavy atom. The van der Waals surface area contributed by atoms with Gasteiger partial charge in [0.15, 0.2) is 11.6 Å². The van der Waals surface area contributed by atoms with Crippen molar-refractivity contribution in [2.45, 2.75) is 25.1 Å². The second-order valence-electron chi connectivity index (χ2n) is 6.33. The summed E-state index contributed by atoms with van der Waals surface area (Å²) in [6, 6.07) is 14.8. The quantitative estimate of drug-likeness (QED) is 0.873. The van der Waals surface area contributed by atoms with Crippen molar-refractivity contribution >= 4 is 0 Å². The third-order valence-corrected chi connectivity index (χ3v) is 4.63. The molecular weight excluding hydrogens is 321 g/mol. The summed E-state index contributed by atoms with van der Waals surface area (Å²) in [5.41, 5.74) is 1.79. The van der Waals surface area contributed by atoms with Crippen LogP contribution in [0, 0.1) is 5.82 Å². The Balaban J connectivity index is 1.67. The lowest BCUT2D eigenvalue weighted by Crippen LogP contribution is -2.45. The minimum absolute atomic E-state index is 0.0918. The summed E-state index contributed by atoms with van der Waals surface area (Å²) in [6.45, 7) is 2.61. The van der Waals surface area contributed by atoms with E-state index < -0.39 is 6.10 Å². The van der Waals surface area contributed by atoms with Crippen molar-refractivity contribution in [3.63, 3.8) is 0 Å². The van der Waals surface area contributed by atoms with Crippen molar-refractivity contribution in [3.8, 4) is 5.75 Å².